The van der Waals surface area contributed by atoms with Crippen molar-refractivity contribution in [2.45, 2.75) is 6.04 Å². The molecule has 0 fully saturated rings. The van der Waals surface area contributed by atoms with E-state index in [9.17, 15) is 4.79 Å². The summed E-state index contributed by atoms with van der Waals surface area (Å²) in [7, 11) is 4.01. The molecule has 2 aromatic heterocycles. The minimum absolute atomic E-state index is 0.133. The van der Waals surface area contributed by atoms with Gasteiger partial charge in [-0.3, -0.25) is 4.79 Å². The van der Waals surface area contributed by atoms with E-state index in [0.717, 1.165) is 0 Å². The molecule has 0 radical (unpaired) electrons. The van der Waals surface area contributed by atoms with Gasteiger partial charge in [0.05, 0.1) is 17.3 Å². The molecule has 0 aliphatic rings. The van der Waals surface area contributed by atoms with E-state index in [4.69, 9.17) is 0 Å². The Morgan fingerprint density at radius 1 is 1.29 bits per heavy atom. The highest BCUT2D eigenvalue weighted by atomic mass is 32.1. The van der Waals surface area contributed by atoms with Crippen LogP contribution in [0.3, 0.4) is 0 Å². The normalized spacial score (nSPS) is 12.3. The van der Waals surface area contributed by atoms with Crippen molar-refractivity contribution in [3.63, 3.8) is 0 Å². The molecule has 124 valence electrons. The highest BCUT2D eigenvalue weighted by Crippen LogP contribution is 2.22. The minimum Gasteiger partial charge on any atom is -0.350 e. The molecule has 0 bridgehead atoms. The number of para-hydroxylation sites is 1. The summed E-state index contributed by atoms with van der Waals surface area (Å²) in [6.07, 6.45) is 1.47. The quantitative estimate of drug-likeness (QED) is 0.739. The second kappa shape index (κ2) is 7.33. The van der Waals surface area contributed by atoms with Gasteiger partial charge in [-0.15, -0.1) is 16.4 Å². The number of benzene rings is 1. The molecule has 1 aromatic carbocycles. The zero-order valence-electron chi connectivity index (χ0n) is 13.5. The Morgan fingerprint density at radius 3 is 2.79 bits per heavy atom. The first-order valence-electron chi connectivity index (χ1n) is 7.47. The van der Waals surface area contributed by atoms with Gasteiger partial charge in [0.25, 0.3) is 5.91 Å². The van der Waals surface area contributed by atoms with Gasteiger partial charge in [0.2, 0.25) is 0 Å². The fraction of sp³-hybridized carbons (Fsp3) is 0.250. The molecule has 3 rings (SSSR count). The van der Waals surface area contributed by atoms with Gasteiger partial charge in [-0.05, 0) is 48.1 Å². The van der Waals surface area contributed by atoms with E-state index in [-0.39, 0.29) is 11.9 Å². The SMILES string of the molecule is CN(C)C(CNC(=O)c1ccccc1-n1cnnn1)c1cccs1. The van der Waals surface area contributed by atoms with Crippen LogP contribution < -0.4 is 5.32 Å². The molecule has 24 heavy (non-hydrogen) atoms. The molecule has 0 aliphatic carbocycles. The summed E-state index contributed by atoms with van der Waals surface area (Å²) in [5.41, 5.74) is 1.19. The van der Waals surface area contributed by atoms with Gasteiger partial charge in [-0.25, -0.2) is 0 Å². The average Bonchev–Trinajstić information content (AvgIpc) is 3.28. The van der Waals surface area contributed by atoms with E-state index in [1.165, 1.54) is 15.9 Å². The number of nitrogens with zero attached hydrogens (tertiary/aromatic N) is 5. The number of amides is 1. The number of hydrogen-bond donors (Lipinski definition) is 1. The van der Waals surface area contributed by atoms with Gasteiger partial charge in [-0.2, -0.15) is 4.68 Å². The third-order valence-corrected chi connectivity index (χ3v) is 4.67. The van der Waals surface area contributed by atoms with Crippen molar-refractivity contribution in [2.75, 3.05) is 20.6 Å². The van der Waals surface area contributed by atoms with Crippen LogP contribution in [0.4, 0.5) is 0 Å². The van der Waals surface area contributed by atoms with Crippen molar-refractivity contribution < 1.29 is 4.79 Å². The molecule has 1 atom stereocenters. The van der Waals surface area contributed by atoms with Crippen LogP contribution in [0.1, 0.15) is 21.3 Å². The van der Waals surface area contributed by atoms with E-state index >= 15 is 0 Å². The van der Waals surface area contributed by atoms with Crippen LogP contribution in [0.5, 0.6) is 0 Å². The van der Waals surface area contributed by atoms with Crippen molar-refractivity contribution in [3.8, 4) is 5.69 Å². The lowest BCUT2D eigenvalue weighted by molar-refractivity contribution is 0.0942. The van der Waals surface area contributed by atoms with E-state index in [1.54, 1.807) is 17.4 Å². The summed E-state index contributed by atoms with van der Waals surface area (Å²) in [6, 6.07) is 11.5. The summed E-state index contributed by atoms with van der Waals surface area (Å²) in [5, 5.41) is 16.2. The number of likely N-dealkylation sites (N-methyl/N-ethyl adjacent to an activating group) is 1. The zero-order valence-corrected chi connectivity index (χ0v) is 14.3. The van der Waals surface area contributed by atoms with Crippen molar-refractivity contribution in [2.24, 2.45) is 0 Å². The maximum Gasteiger partial charge on any atom is 0.253 e. The van der Waals surface area contributed by atoms with Crippen molar-refractivity contribution in [1.29, 1.82) is 0 Å². The van der Waals surface area contributed by atoms with Crippen LogP contribution >= 0.6 is 11.3 Å². The van der Waals surface area contributed by atoms with Gasteiger partial charge < -0.3 is 10.2 Å². The number of tetrazole rings is 1. The number of rotatable bonds is 6. The predicted molar refractivity (Wildman–Crippen MR) is 92.2 cm³/mol. The maximum absolute atomic E-state index is 12.6. The van der Waals surface area contributed by atoms with Gasteiger partial charge in [0.15, 0.2) is 0 Å². The monoisotopic (exact) mass is 342 g/mol. The predicted octanol–water partition coefficient (Wildman–Crippen LogP) is 1.76. The van der Waals surface area contributed by atoms with Gasteiger partial charge in [0.1, 0.15) is 6.33 Å². The molecule has 0 saturated heterocycles. The molecule has 1 N–H and O–H groups in total. The third kappa shape index (κ3) is 3.50. The van der Waals surface area contributed by atoms with Crippen LogP contribution in [-0.4, -0.2) is 51.7 Å². The molecule has 8 heteroatoms. The number of aromatic nitrogens is 4. The molecule has 0 saturated carbocycles. The van der Waals surface area contributed by atoms with E-state index in [2.05, 4.69) is 31.8 Å². The van der Waals surface area contributed by atoms with Crippen LogP contribution in [0.15, 0.2) is 48.1 Å². The highest BCUT2D eigenvalue weighted by Gasteiger charge is 2.18. The molecule has 3 aromatic rings. The van der Waals surface area contributed by atoms with Crippen molar-refractivity contribution in [3.05, 3.63) is 58.5 Å². The van der Waals surface area contributed by atoms with E-state index < -0.39 is 0 Å². The van der Waals surface area contributed by atoms with Crippen molar-refractivity contribution >= 4 is 17.2 Å². The summed E-state index contributed by atoms with van der Waals surface area (Å²) >= 11 is 1.68. The summed E-state index contributed by atoms with van der Waals surface area (Å²) in [5.74, 6) is -0.149. The number of hydrogen-bond acceptors (Lipinski definition) is 6. The fourth-order valence-electron chi connectivity index (χ4n) is 2.44. The minimum atomic E-state index is -0.149. The Bertz CT molecular complexity index is 785. The average molecular weight is 342 g/mol. The molecule has 7 nitrogen and oxygen atoms in total. The molecule has 2 heterocycles. The van der Waals surface area contributed by atoms with Crippen molar-refractivity contribution in [1.82, 2.24) is 30.4 Å². The Labute approximate surface area is 143 Å². The lowest BCUT2D eigenvalue weighted by Crippen LogP contribution is -2.34. The van der Waals surface area contributed by atoms with E-state index in [0.29, 0.717) is 17.8 Å². The Morgan fingerprint density at radius 2 is 2.12 bits per heavy atom. The molecular formula is C16H18N6OS. The Kier molecular flexibility index (Phi) is 4.97. The summed E-state index contributed by atoms with van der Waals surface area (Å²) < 4.78 is 1.48. The lowest BCUT2D eigenvalue weighted by Gasteiger charge is -2.23. The van der Waals surface area contributed by atoms with Crippen LogP contribution in [0.25, 0.3) is 5.69 Å². The lowest BCUT2D eigenvalue weighted by atomic mass is 10.1. The fourth-order valence-corrected chi connectivity index (χ4v) is 3.36. The van der Waals surface area contributed by atoms with Crippen LogP contribution in [0.2, 0.25) is 0 Å². The first-order chi connectivity index (χ1) is 11.7. The van der Waals surface area contributed by atoms with Crippen LogP contribution in [0, 0.1) is 0 Å². The standard InChI is InChI=1S/C16H18N6OS/c1-21(2)14(15-8-5-9-24-15)10-17-16(23)12-6-3-4-7-13(12)22-11-18-19-20-22/h3-9,11,14H,10H2,1-2H3,(H,17,23). The molecule has 1 unspecified atom stereocenters. The Hall–Kier alpha value is -2.58. The van der Waals surface area contributed by atoms with Gasteiger partial charge in [-0.1, -0.05) is 18.2 Å². The van der Waals surface area contributed by atoms with Crippen LogP contribution in [-0.2, 0) is 0 Å². The summed E-state index contributed by atoms with van der Waals surface area (Å²) in [4.78, 5) is 16.0. The smallest absolute Gasteiger partial charge is 0.253 e. The highest BCUT2D eigenvalue weighted by molar-refractivity contribution is 7.10. The molecule has 0 aliphatic heterocycles. The van der Waals surface area contributed by atoms with Gasteiger partial charge in [0, 0.05) is 11.4 Å². The molecule has 0 spiro atoms. The Balaban J connectivity index is 1.76. The van der Waals surface area contributed by atoms with Gasteiger partial charge >= 0.3 is 0 Å². The number of carbonyl (C=O) groups is 1. The third-order valence-electron chi connectivity index (χ3n) is 3.70. The number of carbonyl (C=O) groups excluding carboxylic acids is 1. The zero-order chi connectivity index (χ0) is 16.9. The topological polar surface area (TPSA) is 75.9 Å². The second-order valence-corrected chi connectivity index (χ2v) is 6.46. The molecule has 1 amide bonds. The first kappa shape index (κ1) is 16.3. The largest absolute Gasteiger partial charge is 0.350 e. The molecular weight excluding hydrogens is 324 g/mol. The second-order valence-electron chi connectivity index (χ2n) is 5.48. The number of thiophene rings is 1. The number of nitrogens with one attached hydrogen (secondary N) is 1. The van der Waals surface area contributed by atoms with E-state index in [1.807, 2.05) is 43.7 Å². The first-order valence-corrected chi connectivity index (χ1v) is 8.35. The maximum atomic E-state index is 12.6. The summed E-state index contributed by atoms with van der Waals surface area (Å²) in [6.45, 7) is 0.524.